The van der Waals surface area contributed by atoms with Gasteiger partial charge in [-0.15, -0.1) is 11.6 Å². The van der Waals surface area contributed by atoms with Crippen molar-refractivity contribution in [3.8, 4) is 0 Å². The monoisotopic (exact) mass is 516 g/mol. The molecule has 0 bridgehead atoms. The van der Waals surface area contributed by atoms with Crippen molar-refractivity contribution in [3.63, 3.8) is 0 Å². The van der Waals surface area contributed by atoms with Crippen LogP contribution in [0.5, 0.6) is 0 Å². The Balaban J connectivity index is 0.00000289. The van der Waals surface area contributed by atoms with Crippen LogP contribution in [-0.4, -0.2) is 68.4 Å². The summed E-state index contributed by atoms with van der Waals surface area (Å²) in [6.07, 6.45) is 3.99. The maximum absolute atomic E-state index is 13.0. The molecule has 32 heavy (non-hydrogen) atoms. The van der Waals surface area contributed by atoms with Gasteiger partial charge < -0.3 is 31.0 Å². The summed E-state index contributed by atoms with van der Waals surface area (Å²) in [7, 11) is 3.19. The number of likely N-dealkylation sites (N-methyl/N-ethyl adjacent to an activating group) is 1. The van der Waals surface area contributed by atoms with Gasteiger partial charge in [0.2, 0.25) is 0 Å². The van der Waals surface area contributed by atoms with Gasteiger partial charge in [0.25, 0.3) is 0 Å². The second-order valence-corrected chi connectivity index (χ2v) is 8.60. The van der Waals surface area contributed by atoms with Gasteiger partial charge in [-0.1, -0.05) is 5.70 Å². The van der Waals surface area contributed by atoms with Crippen LogP contribution < -0.4 is 5.73 Å². The Morgan fingerprint density at radius 1 is 1.22 bits per heavy atom. The molecule has 10 heteroatoms. The van der Waals surface area contributed by atoms with Crippen molar-refractivity contribution in [2.75, 3.05) is 14.1 Å². The molecule has 0 spiro atoms. The molecule has 0 heterocycles. The van der Waals surface area contributed by atoms with Crippen molar-refractivity contribution in [1.29, 1.82) is 0 Å². The topological polar surface area (TPSA) is 161 Å². The van der Waals surface area contributed by atoms with Gasteiger partial charge >= 0.3 is 0 Å². The summed E-state index contributed by atoms with van der Waals surface area (Å²) in [6.45, 7) is 1.08. The Kier molecular flexibility index (Phi) is 6.19. The normalized spacial score (nSPS) is 32.1. The van der Waals surface area contributed by atoms with Crippen molar-refractivity contribution in [2.45, 2.75) is 31.4 Å². The number of allylic oxidation sites excluding steroid dienone is 5. The molecular formula is C22H23N2O7Y-. The third-order valence-electron chi connectivity index (χ3n) is 6.68. The van der Waals surface area contributed by atoms with E-state index in [9.17, 15) is 34.8 Å². The number of ketones is 3. The average Bonchev–Trinajstić information content (AvgIpc) is 2.67. The second kappa shape index (κ2) is 8.06. The minimum atomic E-state index is -2.48. The fourth-order valence-corrected chi connectivity index (χ4v) is 5.31. The van der Waals surface area contributed by atoms with Crippen LogP contribution >= 0.6 is 0 Å². The van der Waals surface area contributed by atoms with Crippen LogP contribution in [0.15, 0.2) is 51.3 Å². The van der Waals surface area contributed by atoms with E-state index in [2.05, 4.69) is 6.08 Å². The van der Waals surface area contributed by atoms with E-state index >= 15 is 0 Å². The van der Waals surface area contributed by atoms with Crippen LogP contribution in [0.1, 0.15) is 19.8 Å². The van der Waals surface area contributed by atoms with Crippen LogP contribution in [0.2, 0.25) is 0 Å². The molecule has 0 fully saturated rings. The summed E-state index contributed by atoms with van der Waals surface area (Å²) < 4.78 is 0. The third kappa shape index (κ3) is 3.09. The fourth-order valence-electron chi connectivity index (χ4n) is 5.31. The standard InChI is InChI=1S/C22H23N2O7.Y/c1-8(25)14-19(28)17(24(2)3)11-7-9-6-10-12(23)4-5-13(26)16(10)18(27)15(9)21(30)22(11,31)20(14)29;/h4,9,11,17,27,29-31H,6-7,23H2,1-3H3;/q-1;/t9?,11?,17-,22+;/m0./s1. The quantitative estimate of drug-likeness (QED) is 0.259. The van der Waals surface area contributed by atoms with Gasteiger partial charge in [-0.05, 0) is 45.4 Å². The molecule has 9 nitrogen and oxygen atoms in total. The van der Waals surface area contributed by atoms with Gasteiger partial charge in [0.05, 0.1) is 17.6 Å². The maximum Gasteiger partial charge on any atom is 0.187 e. The molecule has 0 aliphatic heterocycles. The number of aliphatic hydroxyl groups excluding tert-OH is 3. The third-order valence-corrected chi connectivity index (χ3v) is 6.68. The number of carbonyl (C=O) groups excluding carboxylic acids is 3. The van der Waals surface area contributed by atoms with E-state index in [1.165, 1.54) is 11.0 Å². The summed E-state index contributed by atoms with van der Waals surface area (Å²) >= 11 is 0. The van der Waals surface area contributed by atoms with Crippen LogP contribution in [0.25, 0.3) is 0 Å². The number of hydrogen-bond acceptors (Lipinski definition) is 9. The minimum Gasteiger partial charge on any atom is -0.520 e. The fraction of sp³-hybridized carbons (Fsp3) is 0.409. The molecule has 1 radical (unpaired) electrons. The zero-order valence-electron chi connectivity index (χ0n) is 17.8. The van der Waals surface area contributed by atoms with Crippen molar-refractivity contribution in [1.82, 2.24) is 4.90 Å². The number of hydrogen-bond donors (Lipinski definition) is 5. The van der Waals surface area contributed by atoms with Gasteiger partial charge in [-0.2, -0.15) is 6.08 Å². The zero-order chi connectivity index (χ0) is 23.0. The summed E-state index contributed by atoms with van der Waals surface area (Å²) in [5.74, 6) is -5.91. The number of Topliss-reactive ketones (excluding diaryl/α,β-unsaturated/α-hetero) is 3. The van der Waals surface area contributed by atoms with Crippen molar-refractivity contribution < 1.29 is 67.5 Å². The molecule has 4 atom stereocenters. The number of fused-ring (bicyclic) bond motifs is 3. The average molecular weight is 516 g/mol. The summed E-state index contributed by atoms with van der Waals surface area (Å²) in [6, 6.07) is -1.01. The Hall–Kier alpha value is -2.07. The molecule has 0 aromatic rings. The minimum absolute atomic E-state index is 0. The van der Waals surface area contributed by atoms with Gasteiger partial charge in [-0.25, -0.2) is 0 Å². The van der Waals surface area contributed by atoms with Crippen molar-refractivity contribution >= 4 is 17.3 Å². The number of nitrogens with zero attached hydrogens (tertiary/aromatic N) is 1. The summed E-state index contributed by atoms with van der Waals surface area (Å²) in [5.41, 5.74) is 3.35. The number of carbonyl (C=O) groups is 3. The van der Waals surface area contributed by atoms with Crippen LogP contribution in [0, 0.1) is 17.9 Å². The first-order chi connectivity index (χ1) is 14.4. The van der Waals surface area contributed by atoms with Crippen LogP contribution in [-0.2, 0) is 47.1 Å². The Bertz CT molecular complexity index is 1110. The molecule has 0 amide bonds. The van der Waals surface area contributed by atoms with E-state index < -0.39 is 63.7 Å². The zero-order valence-corrected chi connectivity index (χ0v) is 20.7. The summed E-state index contributed by atoms with van der Waals surface area (Å²) in [4.78, 5) is 39.0. The van der Waals surface area contributed by atoms with E-state index in [1.807, 2.05) is 0 Å². The SMILES string of the molecule is CC(=O)C1=C(O)[C@@]2(O)C(O)=C3C(O)=C4C(=O)[C-]=CC(N)=C4CC3CC2[C@H](N(C)C)C1=O.[Y]. The Labute approximate surface area is 209 Å². The molecule has 4 aliphatic carbocycles. The van der Waals surface area contributed by atoms with Gasteiger partial charge in [-0.3, -0.25) is 14.5 Å². The van der Waals surface area contributed by atoms with Crippen molar-refractivity contribution in [3.05, 3.63) is 57.4 Å². The molecule has 0 aromatic carbocycles. The molecule has 6 N–H and O–H groups in total. The van der Waals surface area contributed by atoms with Crippen LogP contribution in [0.3, 0.4) is 0 Å². The predicted molar refractivity (Wildman–Crippen MR) is 107 cm³/mol. The molecule has 0 saturated carbocycles. The molecule has 0 aromatic heterocycles. The van der Waals surface area contributed by atoms with Gasteiger partial charge in [0.1, 0.15) is 17.1 Å². The number of rotatable bonds is 2. The summed E-state index contributed by atoms with van der Waals surface area (Å²) in [5, 5.41) is 44.4. The van der Waals surface area contributed by atoms with E-state index in [4.69, 9.17) is 5.73 Å². The first-order valence-electron chi connectivity index (χ1n) is 9.80. The van der Waals surface area contributed by atoms with Gasteiger partial charge in [0.15, 0.2) is 17.2 Å². The largest absolute Gasteiger partial charge is 0.520 e. The van der Waals surface area contributed by atoms with E-state index in [0.717, 1.165) is 6.92 Å². The maximum atomic E-state index is 13.0. The molecule has 4 rings (SSSR count). The molecule has 0 saturated heterocycles. The molecule has 167 valence electrons. The predicted octanol–water partition coefficient (Wildman–Crippen LogP) is 0.448. The van der Waals surface area contributed by atoms with Gasteiger partial charge in [0, 0.05) is 44.2 Å². The number of aliphatic hydroxyl groups is 4. The first kappa shape index (κ1) is 24.6. The first-order valence-corrected chi connectivity index (χ1v) is 9.80. The van der Waals surface area contributed by atoms with Crippen molar-refractivity contribution in [2.24, 2.45) is 17.6 Å². The van der Waals surface area contributed by atoms with E-state index in [0.29, 0.717) is 5.57 Å². The smallest absolute Gasteiger partial charge is 0.187 e. The Morgan fingerprint density at radius 3 is 2.41 bits per heavy atom. The number of nitrogens with two attached hydrogens (primary N) is 1. The molecule has 2 unspecified atom stereocenters. The molecule has 4 aliphatic rings. The van der Waals surface area contributed by atoms with E-state index in [-0.39, 0.29) is 62.4 Å². The van der Waals surface area contributed by atoms with E-state index in [1.54, 1.807) is 14.1 Å². The Morgan fingerprint density at radius 2 is 1.84 bits per heavy atom. The molecular weight excluding hydrogens is 493 g/mol. The van der Waals surface area contributed by atoms with Crippen LogP contribution in [0.4, 0.5) is 0 Å². The second-order valence-electron chi connectivity index (χ2n) is 8.60.